The van der Waals surface area contributed by atoms with Gasteiger partial charge in [0.25, 0.3) is 5.56 Å². The monoisotopic (exact) mass is 427 g/mol. The minimum atomic E-state index is -0.177. The van der Waals surface area contributed by atoms with Gasteiger partial charge in [0.05, 0.1) is 38.4 Å². The third kappa shape index (κ3) is 3.88. The normalized spacial score (nSPS) is 20.8. The van der Waals surface area contributed by atoms with Gasteiger partial charge in [-0.1, -0.05) is 6.42 Å². The Balaban J connectivity index is 1.41. The lowest BCUT2D eigenvalue weighted by Gasteiger charge is -2.37. The molecule has 4 heterocycles. The Morgan fingerprint density at radius 2 is 2.03 bits per heavy atom. The van der Waals surface area contributed by atoms with Gasteiger partial charge in [-0.15, -0.1) is 11.3 Å². The Labute approximate surface area is 178 Å². The summed E-state index contributed by atoms with van der Waals surface area (Å²) < 4.78 is 17.4. The predicted octanol–water partition coefficient (Wildman–Crippen LogP) is 3.39. The quantitative estimate of drug-likeness (QED) is 0.673. The van der Waals surface area contributed by atoms with E-state index in [1.54, 1.807) is 7.11 Å². The topological polar surface area (TPSA) is 76.7 Å². The molecule has 2 saturated heterocycles. The van der Waals surface area contributed by atoms with E-state index in [2.05, 4.69) is 9.88 Å². The van der Waals surface area contributed by atoms with Crippen molar-refractivity contribution in [3.8, 4) is 16.2 Å². The summed E-state index contributed by atoms with van der Waals surface area (Å²) >= 11 is 1.47. The van der Waals surface area contributed by atoms with Gasteiger partial charge in [-0.25, -0.2) is 4.98 Å². The first kappa shape index (κ1) is 19.7. The van der Waals surface area contributed by atoms with Crippen LogP contribution in [0.4, 0.5) is 0 Å². The minimum Gasteiger partial charge on any atom is -0.497 e. The van der Waals surface area contributed by atoms with E-state index in [-0.39, 0.29) is 17.9 Å². The minimum absolute atomic E-state index is 0.0818. The van der Waals surface area contributed by atoms with E-state index in [4.69, 9.17) is 19.2 Å². The zero-order valence-corrected chi connectivity index (χ0v) is 17.7. The molecule has 0 aliphatic carbocycles. The van der Waals surface area contributed by atoms with Crippen LogP contribution in [0.3, 0.4) is 0 Å². The number of likely N-dealkylation sites (tertiary alicyclic amines) is 1. The van der Waals surface area contributed by atoms with Gasteiger partial charge in [-0.05, 0) is 55.3 Å². The average Bonchev–Trinajstić information content (AvgIpc) is 3.45. The van der Waals surface area contributed by atoms with E-state index in [1.807, 2.05) is 30.3 Å². The van der Waals surface area contributed by atoms with Crippen molar-refractivity contribution < 1.29 is 14.2 Å². The molecule has 1 aromatic carbocycles. The van der Waals surface area contributed by atoms with Crippen LogP contribution in [-0.4, -0.2) is 54.1 Å². The highest BCUT2D eigenvalue weighted by atomic mass is 32.1. The molecule has 1 N–H and O–H groups in total. The number of H-pyrrole nitrogens is 1. The number of rotatable bonds is 5. The lowest BCUT2D eigenvalue weighted by Crippen LogP contribution is -2.47. The summed E-state index contributed by atoms with van der Waals surface area (Å²) in [7, 11) is 1.65. The molecular formula is C22H25N3O4S. The first-order valence-corrected chi connectivity index (χ1v) is 11.2. The number of hydrogen-bond acceptors (Lipinski definition) is 7. The largest absolute Gasteiger partial charge is 0.497 e. The Morgan fingerprint density at radius 1 is 1.23 bits per heavy atom. The lowest BCUT2D eigenvalue weighted by atomic mass is 10.0. The molecule has 2 aromatic heterocycles. The number of thiophene rings is 1. The van der Waals surface area contributed by atoms with Gasteiger partial charge in [-0.3, -0.25) is 9.69 Å². The summed E-state index contributed by atoms with van der Waals surface area (Å²) in [4.78, 5) is 23.9. The van der Waals surface area contributed by atoms with Crippen LogP contribution >= 0.6 is 11.3 Å². The molecular weight excluding hydrogens is 402 g/mol. The van der Waals surface area contributed by atoms with Gasteiger partial charge in [0.2, 0.25) is 0 Å². The summed E-state index contributed by atoms with van der Waals surface area (Å²) in [5.74, 6) is 1.50. The molecule has 2 aliphatic heterocycles. The Hall–Kier alpha value is -2.26. The van der Waals surface area contributed by atoms with Gasteiger partial charge in [0.1, 0.15) is 16.3 Å². The predicted molar refractivity (Wildman–Crippen MR) is 116 cm³/mol. The zero-order valence-electron chi connectivity index (χ0n) is 16.9. The fraction of sp³-hybridized carbons (Fsp3) is 0.455. The zero-order chi connectivity index (χ0) is 20.5. The molecule has 1 unspecified atom stereocenters. The van der Waals surface area contributed by atoms with Crippen LogP contribution in [-0.2, 0) is 16.0 Å². The highest BCUT2D eigenvalue weighted by molar-refractivity contribution is 7.22. The number of nitrogens with one attached hydrogen (secondary N) is 1. The number of piperidine rings is 1. The van der Waals surface area contributed by atoms with E-state index < -0.39 is 0 Å². The first-order valence-electron chi connectivity index (χ1n) is 10.4. The standard InChI is InChI=1S/C22H25N3O4S/c1-27-15-7-5-14(6-8-15)18-12-16-20(30-18)21(26)24-19(23-16)13-25-9-3-2-4-17(25)22-28-10-11-29-22/h5-8,12,17,22H,2-4,9-11,13H2,1H3,(H,23,24,26). The second kappa shape index (κ2) is 8.47. The molecule has 0 amide bonds. The molecule has 30 heavy (non-hydrogen) atoms. The number of methoxy groups -OCH3 is 1. The molecule has 3 aromatic rings. The molecule has 2 aliphatic rings. The van der Waals surface area contributed by atoms with Crippen molar-refractivity contribution >= 4 is 21.6 Å². The summed E-state index contributed by atoms with van der Waals surface area (Å²) in [6, 6.07) is 10.0. The number of aromatic amines is 1. The molecule has 1 atom stereocenters. The Bertz CT molecular complexity index is 1070. The Kier molecular flexibility index (Phi) is 5.56. The van der Waals surface area contributed by atoms with Gasteiger partial charge >= 0.3 is 0 Å². The van der Waals surface area contributed by atoms with Gasteiger partial charge in [0.15, 0.2) is 6.29 Å². The van der Waals surface area contributed by atoms with Crippen molar-refractivity contribution in [3.05, 3.63) is 46.5 Å². The van der Waals surface area contributed by atoms with E-state index in [9.17, 15) is 4.79 Å². The lowest BCUT2D eigenvalue weighted by molar-refractivity contribution is -0.111. The van der Waals surface area contributed by atoms with Crippen LogP contribution < -0.4 is 10.3 Å². The van der Waals surface area contributed by atoms with Gasteiger partial charge < -0.3 is 19.2 Å². The number of nitrogens with zero attached hydrogens (tertiary/aromatic N) is 2. The Morgan fingerprint density at radius 3 is 2.80 bits per heavy atom. The van der Waals surface area contributed by atoms with E-state index >= 15 is 0 Å². The SMILES string of the molecule is COc1ccc(-c2cc3nc(CN4CCCCC4C4OCCO4)[nH]c(=O)c3s2)cc1. The van der Waals surface area contributed by atoms with Crippen LogP contribution in [0.5, 0.6) is 5.75 Å². The maximum atomic E-state index is 12.8. The third-order valence-corrected chi connectivity index (χ3v) is 6.96. The average molecular weight is 428 g/mol. The molecule has 0 radical (unpaired) electrons. The van der Waals surface area contributed by atoms with Crippen molar-refractivity contribution in [1.29, 1.82) is 0 Å². The maximum Gasteiger partial charge on any atom is 0.268 e. The molecule has 5 rings (SSSR count). The third-order valence-electron chi connectivity index (χ3n) is 5.79. The van der Waals surface area contributed by atoms with E-state index in [1.165, 1.54) is 17.8 Å². The molecule has 0 saturated carbocycles. The second-order valence-corrected chi connectivity index (χ2v) is 8.76. The van der Waals surface area contributed by atoms with Gasteiger partial charge in [-0.2, -0.15) is 0 Å². The summed E-state index contributed by atoms with van der Waals surface area (Å²) in [6.07, 6.45) is 3.17. The molecule has 2 fully saturated rings. The fourth-order valence-electron chi connectivity index (χ4n) is 4.27. The van der Waals surface area contributed by atoms with Crippen LogP contribution in [0.1, 0.15) is 25.1 Å². The molecule has 0 bridgehead atoms. The number of aromatic nitrogens is 2. The van der Waals surface area contributed by atoms with Crippen molar-refractivity contribution in [3.63, 3.8) is 0 Å². The van der Waals surface area contributed by atoms with Crippen LogP contribution in [0.2, 0.25) is 0 Å². The van der Waals surface area contributed by atoms with Crippen LogP contribution in [0.25, 0.3) is 20.7 Å². The second-order valence-electron chi connectivity index (χ2n) is 7.71. The molecule has 7 nitrogen and oxygen atoms in total. The van der Waals surface area contributed by atoms with Crippen molar-refractivity contribution in [2.75, 3.05) is 26.9 Å². The van der Waals surface area contributed by atoms with Gasteiger partial charge in [0, 0.05) is 4.88 Å². The van der Waals surface area contributed by atoms with Crippen molar-refractivity contribution in [2.45, 2.75) is 38.1 Å². The molecule has 8 heteroatoms. The highest BCUT2D eigenvalue weighted by Gasteiger charge is 2.34. The van der Waals surface area contributed by atoms with E-state index in [0.29, 0.717) is 30.3 Å². The maximum absolute atomic E-state index is 12.8. The van der Waals surface area contributed by atoms with Crippen molar-refractivity contribution in [1.82, 2.24) is 14.9 Å². The van der Waals surface area contributed by atoms with Crippen LogP contribution in [0, 0.1) is 0 Å². The van der Waals surface area contributed by atoms with Crippen LogP contribution in [0.15, 0.2) is 35.1 Å². The first-order chi connectivity index (χ1) is 14.7. The summed E-state index contributed by atoms with van der Waals surface area (Å²) in [5, 5.41) is 0. The number of hydrogen-bond donors (Lipinski definition) is 1. The molecule has 158 valence electrons. The fourth-order valence-corrected chi connectivity index (χ4v) is 5.27. The van der Waals surface area contributed by atoms with Crippen molar-refractivity contribution in [2.24, 2.45) is 0 Å². The highest BCUT2D eigenvalue weighted by Crippen LogP contribution is 2.32. The molecule has 0 spiro atoms. The summed E-state index contributed by atoms with van der Waals surface area (Å²) in [6.45, 7) is 2.85. The smallest absolute Gasteiger partial charge is 0.268 e. The van der Waals surface area contributed by atoms with E-state index in [0.717, 1.165) is 41.1 Å². The number of ether oxygens (including phenoxy) is 3. The number of benzene rings is 1. The number of fused-ring (bicyclic) bond motifs is 1. The summed E-state index contributed by atoms with van der Waals surface area (Å²) in [5.41, 5.74) is 1.71.